The van der Waals surface area contributed by atoms with E-state index >= 15 is 0 Å². The molecule has 2 bridgehead atoms. The van der Waals surface area contributed by atoms with Crippen LogP contribution in [0.2, 0.25) is 0 Å². The number of nitrogens with one attached hydrogen (secondary N) is 1. The topological polar surface area (TPSA) is 66.5 Å². The maximum absolute atomic E-state index is 12.9. The Kier molecular flexibility index (Phi) is 4.95. The smallest absolute Gasteiger partial charge is 0.235 e. The highest BCUT2D eigenvalue weighted by Gasteiger charge is 2.64. The number of likely N-dealkylation sites (tertiary alicyclic amines) is 1. The fraction of sp³-hybridized carbons (Fsp3) is 0.850. The van der Waals surface area contributed by atoms with Gasteiger partial charge in [-0.15, -0.1) is 0 Å². The number of fused-ring (bicyclic) bond motifs is 2. The number of carbonyl (C=O) groups is 3. The van der Waals surface area contributed by atoms with Gasteiger partial charge in [0, 0.05) is 24.9 Å². The normalized spacial score (nSPS) is 32.1. The molecule has 3 fully saturated rings. The van der Waals surface area contributed by atoms with Crippen molar-refractivity contribution in [3.8, 4) is 0 Å². The summed E-state index contributed by atoms with van der Waals surface area (Å²) >= 11 is 0. The number of amides is 3. The average molecular weight is 348 g/mol. The molecule has 0 aromatic heterocycles. The van der Waals surface area contributed by atoms with E-state index in [1.54, 1.807) is 0 Å². The molecular weight excluding hydrogens is 316 g/mol. The Morgan fingerprint density at radius 3 is 2.48 bits per heavy atom. The van der Waals surface area contributed by atoms with Crippen LogP contribution in [-0.4, -0.2) is 35.2 Å². The van der Waals surface area contributed by atoms with Crippen LogP contribution in [0.25, 0.3) is 0 Å². The molecule has 2 saturated carbocycles. The number of hydrogen-bond acceptors (Lipinski definition) is 3. The predicted octanol–water partition coefficient (Wildman–Crippen LogP) is 3.03. The minimum Gasteiger partial charge on any atom is -0.353 e. The summed E-state index contributed by atoms with van der Waals surface area (Å²) in [4.78, 5) is 39.2. The lowest BCUT2D eigenvalue weighted by Crippen LogP contribution is -2.59. The summed E-state index contributed by atoms with van der Waals surface area (Å²) in [5.41, 5.74) is -0.716. The standard InChI is InChI=1S/C20H32N2O3/c1-19(2)15-11-12-20(19,3)18(25)22(17(15)24)13-7-10-16(23)21-14-8-5-4-6-9-14/h14-15H,4-13H2,1-3H3,(H,21,23). The van der Waals surface area contributed by atoms with Crippen LogP contribution in [-0.2, 0) is 14.4 Å². The Morgan fingerprint density at radius 2 is 1.80 bits per heavy atom. The number of rotatable bonds is 5. The lowest BCUT2D eigenvalue weighted by molar-refractivity contribution is -0.168. The average Bonchev–Trinajstić information content (AvgIpc) is 2.76. The fourth-order valence-electron chi connectivity index (χ4n) is 5.06. The van der Waals surface area contributed by atoms with Crippen LogP contribution in [0, 0.1) is 16.7 Å². The molecule has 1 aliphatic heterocycles. The van der Waals surface area contributed by atoms with Crippen molar-refractivity contribution in [3.05, 3.63) is 0 Å². The second kappa shape index (κ2) is 6.73. The number of carbonyl (C=O) groups excluding carboxylic acids is 3. The van der Waals surface area contributed by atoms with Gasteiger partial charge in [0.2, 0.25) is 17.7 Å². The molecule has 5 heteroatoms. The third-order valence-corrected chi connectivity index (χ3v) is 7.26. The van der Waals surface area contributed by atoms with Gasteiger partial charge in [0.1, 0.15) is 0 Å². The van der Waals surface area contributed by atoms with Gasteiger partial charge in [-0.1, -0.05) is 40.0 Å². The summed E-state index contributed by atoms with van der Waals surface area (Å²) in [6.45, 7) is 6.48. The van der Waals surface area contributed by atoms with E-state index in [1.165, 1.54) is 24.2 Å². The first-order valence-corrected chi connectivity index (χ1v) is 9.92. The molecule has 3 amide bonds. The van der Waals surface area contributed by atoms with Crippen LogP contribution >= 0.6 is 0 Å². The molecule has 2 atom stereocenters. The van der Waals surface area contributed by atoms with Gasteiger partial charge < -0.3 is 5.32 Å². The summed E-state index contributed by atoms with van der Waals surface area (Å²) in [7, 11) is 0. The molecule has 0 aromatic rings. The molecule has 1 N–H and O–H groups in total. The second-order valence-corrected chi connectivity index (χ2v) is 8.95. The molecule has 0 radical (unpaired) electrons. The predicted molar refractivity (Wildman–Crippen MR) is 95.6 cm³/mol. The number of nitrogens with zero attached hydrogens (tertiary/aromatic N) is 1. The van der Waals surface area contributed by atoms with Crippen LogP contribution in [0.1, 0.15) is 78.6 Å². The van der Waals surface area contributed by atoms with E-state index in [2.05, 4.69) is 19.2 Å². The van der Waals surface area contributed by atoms with Crippen molar-refractivity contribution in [2.75, 3.05) is 6.54 Å². The lowest BCUT2D eigenvalue weighted by atomic mass is 9.62. The second-order valence-electron chi connectivity index (χ2n) is 8.95. The van der Waals surface area contributed by atoms with Gasteiger partial charge in [0.15, 0.2) is 0 Å². The van der Waals surface area contributed by atoms with E-state index in [4.69, 9.17) is 0 Å². The van der Waals surface area contributed by atoms with Gasteiger partial charge in [-0.2, -0.15) is 0 Å². The van der Waals surface area contributed by atoms with Crippen molar-refractivity contribution < 1.29 is 14.4 Å². The Morgan fingerprint density at radius 1 is 1.12 bits per heavy atom. The molecule has 140 valence electrons. The zero-order valence-corrected chi connectivity index (χ0v) is 15.9. The molecule has 2 unspecified atom stereocenters. The summed E-state index contributed by atoms with van der Waals surface area (Å²) in [5.74, 6) is -0.0776. The summed E-state index contributed by atoms with van der Waals surface area (Å²) < 4.78 is 0. The monoisotopic (exact) mass is 348 g/mol. The molecule has 0 spiro atoms. The van der Waals surface area contributed by atoms with E-state index in [9.17, 15) is 14.4 Å². The van der Waals surface area contributed by atoms with Crippen LogP contribution in [0.5, 0.6) is 0 Å². The highest BCUT2D eigenvalue weighted by atomic mass is 16.2. The zero-order valence-electron chi connectivity index (χ0n) is 15.9. The number of imide groups is 1. The van der Waals surface area contributed by atoms with Crippen molar-refractivity contribution in [2.24, 2.45) is 16.7 Å². The maximum Gasteiger partial charge on any atom is 0.235 e. The molecule has 25 heavy (non-hydrogen) atoms. The summed E-state index contributed by atoms with van der Waals surface area (Å²) in [6, 6.07) is 0.315. The van der Waals surface area contributed by atoms with Crippen molar-refractivity contribution in [2.45, 2.75) is 84.6 Å². The number of piperidine rings is 1. The Bertz CT molecular complexity index is 565. The van der Waals surface area contributed by atoms with Crippen LogP contribution in [0.4, 0.5) is 0 Å². The molecule has 3 aliphatic rings. The van der Waals surface area contributed by atoms with Gasteiger partial charge >= 0.3 is 0 Å². The lowest BCUT2D eigenvalue weighted by Gasteiger charge is -2.47. The van der Waals surface area contributed by atoms with Crippen LogP contribution in [0.15, 0.2) is 0 Å². The Hall–Kier alpha value is -1.39. The van der Waals surface area contributed by atoms with E-state index < -0.39 is 5.41 Å². The quantitative estimate of drug-likeness (QED) is 0.777. The molecule has 0 aromatic carbocycles. The third kappa shape index (κ3) is 3.11. The highest BCUT2D eigenvalue weighted by Crippen LogP contribution is 2.60. The van der Waals surface area contributed by atoms with E-state index in [0.717, 1.165) is 25.7 Å². The van der Waals surface area contributed by atoms with Crippen LogP contribution in [0.3, 0.4) is 0 Å². The van der Waals surface area contributed by atoms with Gasteiger partial charge in [0.25, 0.3) is 0 Å². The molecule has 2 aliphatic carbocycles. The van der Waals surface area contributed by atoms with Gasteiger partial charge in [-0.05, 0) is 37.5 Å². The van der Waals surface area contributed by atoms with Gasteiger partial charge in [-0.3, -0.25) is 19.3 Å². The SMILES string of the molecule is CC12CCC(C(=O)N(CCCC(=O)NC3CCCCC3)C1=O)C2(C)C. The molecule has 5 nitrogen and oxygen atoms in total. The Balaban J connectivity index is 1.52. The van der Waals surface area contributed by atoms with Crippen molar-refractivity contribution >= 4 is 17.7 Å². The van der Waals surface area contributed by atoms with E-state index in [1.807, 2.05) is 6.92 Å². The van der Waals surface area contributed by atoms with Crippen molar-refractivity contribution in [1.29, 1.82) is 0 Å². The first kappa shape index (κ1) is 18.4. The maximum atomic E-state index is 12.9. The summed E-state index contributed by atoms with van der Waals surface area (Å²) in [6.07, 6.45) is 8.32. The molecule has 3 rings (SSSR count). The third-order valence-electron chi connectivity index (χ3n) is 7.26. The van der Waals surface area contributed by atoms with Gasteiger partial charge in [0.05, 0.1) is 5.41 Å². The molecular formula is C20H32N2O3. The molecule has 1 saturated heterocycles. The van der Waals surface area contributed by atoms with E-state index in [0.29, 0.717) is 25.4 Å². The van der Waals surface area contributed by atoms with Crippen molar-refractivity contribution in [1.82, 2.24) is 10.2 Å². The largest absolute Gasteiger partial charge is 0.353 e. The minimum atomic E-state index is -0.448. The zero-order chi connectivity index (χ0) is 18.2. The van der Waals surface area contributed by atoms with Gasteiger partial charge in [-0.25, -0.2) is 0 Å². The summed E-state index contributed by atoms with van der Waals surface area (Å²) in [5, 5.41) is 3.10. The first-order chi connectivity index (χ1) is 11.8. The van der Waals surface area contributed by atoms with Crippen LogP contribution < -0.4 is 5.32 Å². The Labute approximate surface area is 150 Å². The minimum absolute atomic E-state index is 0.0299. The van der Waals surface area contributed by atoms with E-state index in [-0.39, 0.29) is 29.1 Å². The molecule has 1 heterocycles. The fourth-order valence-corrected chi connectivity index (χ4v) is 5.06. The first-order valence-electron chi connectivity index (χ1n) is 9.92. The number of hydrogen-bond donors (Lipinski definition) is 1. The van der Waals surface area contributed by atoms with Crippen molar-refractivity contribution in [3.63, 3.8) is 0 Å². The highest BCUT2D eigenvalue weighted by molar-refractivity contribution is 6.03.